The Kier molecular flexibility index (Phi) is 5.17. The molecule has 1 saturated heterocycles. The fourth-order valence-electron chi connectivity index (χ4n) is 2.72. The molecule has 1 aliphatic heterocycles. The highest BCUT2D eigenvalue weighted by Gasteiger charge is 2.19. The van der Waals surface area contributed by atoms with Crippen molar-refractivity contribution in [3.8, 4) is 0 Å². The second-order valence-electron chi connectivity index (χ2n) is 5.23. The lowest BCUT2D eigenvalue weighted by atomic mass is 9.95. The normalized spacial score (nSPS) is 21.1. The standard InChI is InChI=1S/C15H23NO2/c17-9-7-13-2-1-8-16(10-13)11-14-3-5-15(12-18)6-4-14/h3-6,13,17-18H,1-2,7-12H2. The Morgan fingerprint density at radius 2 is 1.83 bits per heavy atom. The number of piperidine rings is 1. The van der Waals surface area contributed by atoms with Crippen LogP contribution in [0.5, 0.6) is 0 Å². The molecule has 1 aromatic rings. The number of nitrogens with zero attached hydrogens (tertiary/aromatic N) is 1. The second-order valence-corrected chi connectivity index (χ2v) is 5.23. The first kappa shape index (κ1) is 13.5. The summed E-state index contributed by atoms with van der Waals surface area (Å²) >= 11 is 0. The molecule has 1 heterocycles. The first-order valence-corrected chi connectivity index (χ1v) is 6.83. The Labute approximate surface area is 109 Å². The molecule has 1 unspecified atom stereocenters. The van der Waals surface area contributed by atoms with Gasteiger partial charge in [-0.2, -0.15) is 0 Å². The van der Waals surface area contributed by atoms with Crippen LogP contribution in [0.1, 0.15) is 30.4 Å². The van der Waals surface area contributed by atoms with Gasteiger partial charge in [-0.25, -0.2) is 0 Å². The molecule has 1 atom stereocenters. The van der Waals surface area contributed by atoms with Gasteiger partial charge in [-0.15, -0.1) is 0 Å². The van der Waals surface area contributed by atoms with Crippen molar-refractivity contribution in [1.29, 1.82) is 0 Å². The van der Waals surface area contributed by atoms with Crippen LogP contribution in [0.4, 0.5) is 0 Å². The van der Waals surface area contributed by atoms with E-state index < -0.39 is 0 Å². The van der Waals surface area contributed by atoms with E-state index in [-0.39, 0.29) is 6.61 Å². The average Bonchev–Trinajstić information content (AvgIpc) is 2.40. The van der Waals surface area contributed by atoms with E-state index in [4.69, 9.17) is 10.2 Å². The summed E-state index contributed by atoms with van der Waals surface area (Å²) in [6, 6.07) is 8.18. The lowest BCUT2D eigenvalue weighted by Gasteiger charge is -2.32. The summed E-state index contributed by atoms with van der Waals surface area (Å²) in [7, 11) is 0. The van der Waals surface area contributed by atoms with Crippen LogP contribution in [0.2, 0.25) is 0 Å². The highest BCUT2D eigenvalue weighted by atomic mass is 16.3. The van der Waals surface area contributed by atoms with Crippen molar-refractivity contribution >= 4 is 0 Å². The third kappa shape index (κ3) is 3.80. The van der Waals surface area contributed by atoms with E-state index in [9.17, 15) is 0 Å². The fourth-order valence-corrected chi connectivity index (χ4v) is 2.72. The van der Waals surface area contributed by atoms with E-state index in [1.54, 1.807) is 0 Å². The summed E-state index contributed by atoms with van der Waals surface area (Å²) in [6.07, 6.45) is 3.42. The lowest BCUT2D eigenvalue weighted by Crippen LogP contribution is -2.35. The molecule has 0 aromatic heterocycles. The topological polar surface area (TPSA) is 43.7 Å². The Morgan fingerprint density at radius 1 is 1.11 bits per heavy atom. The molecule has 0 bridgehead atoms. The van der Waals surface area contributed by atoms with Crippen molar-refractivity contribution in [2.75, 3.05) is 19.7 Å². The molecule has 0 amide bonds. The van der Waals surface area contributed by atoms with E-state index in [1.165, 1.54) is 18.4 Å². The zero-order valence-electron chi connectivity index (χ0n) is 10.9. The maximum absolute atomic E-state index is 9.01. The van der Waals surface area contributed by atoms with Gasteiger partial charge in [-0.05, 0) is 42.9 Å². The summed E-state index contributed by atoms with van der Waals surface area (Å²) in [5.74, 6) is 0.653. The van der Waals surface area contributed by atoms with Crippen LogP contribution in [0, 0.1) is 5.92 Å². The minimum atomic E-state index is 0.114. The molecule has 2 N–H and O–H groups in total. The molecule has 1 aliphatic rings. The lowest BCUT2D eigenvalue weighted by molar-refractivity contribution is 0.142. The van der Waals surface area contributed by atoms with Crippen LogP contribution in [0.15, 0.2) is 24.3 Å². The Hall–Kier alpha value is -0.900. The third-order valence-electron chi connectivity index (χ3n) is 3.75. The number of aliphatic hydroxyl groups is 2. The smallest absolute Gasteiger partial charge is 0.0681 e. The molecule has 0 spiro atoms. The van der Waals surface area contributed by atoms with Gasteiger partial charge in [0.1, 0.15) is 0 Å². The van der Waals surface area contributed by atoms with Crippen molar-refractivity contribution in [3.05, 3.63) is 35.4 Å². The molecule has 18 heavy (non-hydrogen) atoms. The fraction of sp³-hybridized carbons (Fsp3) is 0.600. The maximum atomic E-state index is 9.01. The van der Waals surface area contributed by atoms with Gasteiger partial charge >= 0.3 is 0 Å². The summed E-state index contributed by atoms with van der Waals surface area (Å²) in [6.45, 7) is 3.66. The van der Waals surface area contributed by atoms with E-state index in [0.717, 1.165) is 31.6 Å². The summed E-state index contributed by atoms with van der Waals surface area (Å²) in [5.41, 5.74) is 2.27. The molecule has 1 fully saturated rings. The van der Waals surface area contributed by atoms with Crippen molar-refractivity contribution in [2.45, 2.75) is 32.4 Å². The minimum Gasteiger partial charge on any atom is -0.396 e. The van der Waals surface area contributed by atoms with Gasteiger partial charge < -0.3 is 10.2 Å². The second kappa shape index (κ2) is 6.88. The molecule has 0 radical (unpaired) electrons. The van der Waals surface area contributed by atoms with Crippen LogP contribution in [0.3, 0.4) is 0 Å². The van der Waals surface area contributed by atoms with Gasteiger partial charge in [0.2, 0.25) is 0 Å². The van der Waals surface area contributed by atoms with Gasteiger partial charge in [0.25, 0.3) is 0 Å². The molecule has 3 heteroatoms. The van der Waals surface area contributed by atoms with Crippen molar-refractivity contribution in [2.24, 2.45) is 5.92 Å². The van der Waals surface area contributed by atoms with Crippen LogP contribution < -0.4 is 0 Å². The molecular formula is C15H23NO2. The van der Waals surface area contributed by atoms with E-state index >= 15 is 0 Å². The summed E-state index contributed by atoms with van der Waals surface area (Å²) in [4.78, 5) is 2.47. The molecule has 0 saturated carbocycles. The van der Waals surface area contributed by atoms with Gasteiger partial charge in [0.05, 0.1) is 6.61 Å². The SMILES string of the molecule is OCCC1CCCN(Cc2ccc(CO)cc2)C1. The van der Waals surface area contributed by atoms with Gasteiger partial charge in [0, 0.05) is 19.7 Å². The largest absolute Gasteiger partial charge is 0.396 e. The number of hydrogen-bond donors (Lipinski definition) is 2. The van der Waals surface area contributed by atoms with Crippen molar-refractivity contribution < 1.29 is 10.2 Å². The van der Waals surface area contributed by atoms with Gasteiger partial charge in [0.15, 0.2) is 0 Å². The highest BCUT2D eigenvalue weighted by Crippen LogP contribution is 2.21. The summed E-state index contributed by atoms with van der Waals surface area (Å²) < 4.78 is 0. The number of aliphatic hydroxyl groups excluding tert-OH is 2. The number of benzene rings is 1. The van der Waals surface area contributed by atoms with Crippen molar-refractivity contribution in [1.82, 2.24) is 4.90 Å². The number of likely N-dealkylation sites (tertiary alicyclic amines) is 1. The van der Waals surface area contributed by atoms with Crippen molar-refractivity contribution in [3.63, 3.8) is 0 Å². The van der Waals surface area contributed by atoms with Crippen LogP contribution in [-0.4, -0.2) is 34.8 Å². The minimum absolute atomic E-state index is 0.114. The first-order valence-electron chi connectivity index (χ1n) is 6.83. The van der Waals surface area contributed by atoms with Crippen LogP contribution >= 0.6 is 0 Å². The zero-order chi connectivity index (χ0) is 12.8. The predicted molar refractivity (Wildman–Crippen MR) is 72.1 cm³/mol. The predicted octanol–water partition coefficient (Wildman–Crippen LogP) is 1.77. The highest BCUT2D eigenvalue weighted by molar-refractivity contribution is 5.21. The van der Waals surface area contributed by atoms with E-state index in [2.05, 4.69) is 17.0 Å². The Balaban J connectivity index is 1.87. The molecular weight excluding hydrogens is 226 g/mol. The van der Waals surface area contributed by atoms with E-state index in [0.29, 0.717) is 12.5 Å². The van der Waals surface area contributed by atoms with Crippen LogP contribution in [-0.2, 0) is 13.2 Å². The third-order valence-corrected chi connectivity index (χ3v) is 3.75. The molecule has 0 aliphatic carbocycles. The number of rotatable bonds is 5. The molecule has 1 aromatic carbocycles. The van der Waals surface area contributed by atoms with Crippen LogP contribution in [0.25, 0.3) is 0 Å². The molecule has 3 nitrogen and oxygen atoms in total. The maximum Gasteiger partial charge on any atom is 0.0681 e. The van der Waals surface area contributed by atoms with Gasteiger partial charge in [-0.3, -0.25) is 4.90 Å². The molecule has 100 valence electrons. The zero-order valence-corrected chi connectivity index (χ0v) is 10.9. The molecule has 2 rings (SSSR count). The number of hydrogen-bond acceptors (Lipinski definition) is 3. The Bertz CT molecular complexity index is 348. The first-order chi connectivity index (χ1) is 8.81. The Morgan fingerprint density at radius 3 is 2.50 bits per heavy atom. The van der Waals surface area contributed by atoms with Gasteiger partial charge in [-0.1, -0.05) is 24.3 Å². The quantitative estimate of drug-likeness (QED) is 0.836. The average molecular weight is 249 g/mol. The van der Waals surface area contributed by atoms with E-state index in [1.807, 2.05) is 12.1 Å². The summed E-state index contributed by atoms with van der Waals surface area (Å²) in [5, 5.41) is 18.0. The monoisotopic (exact) mass is 249 g/mol.